The van der Waals surface area contributed by atoms with Crippen LogP contribution in [0.2, 0.25) is 0 Å². The van der Waals surface area contributed by atoms with Crippen LogP contribution in [0.1, 0.15) is 19.5 Å². The maximum atomic E-state index is 5.61. The van der Waals surface area contributed by atoms with Crippen LogP contribution in [0.25, 0.3) is 0 Å². The molecular formula is C14H26N2O2. The average molecular weight is 254 g/mol. The highest BCUT2D eigenvalue weighted by molar-refractivity contribution is 5.06. The van der Waals surface area contributed by atoms with Gasteiger partial charge < -0.3 is 19.4 Å². The maximum Gasteiger partial charge on any atom is 0.0645 e. The summed E-state index contributed by atoms with van der Waals surface area (Å²) >= 11 is 0. The van der Waals surface area contributed by atoms with Crippen molar-refractivity contribution in [1.29, 1.82) is 0 Å². The number of aromatic nitrogens is 1. The van der Waals surface area contributed by atoms with E-state index < -0.39 is 0 Å². The molecule has 0 bridgehead atoms. The topological polar surface area (TPSA) is 35.4 Å². The smallest absolute Gasteiger partial charge is 0.0645 e. The molecule has 0 fully saturated rings. The Bertz CT molecular complexity index is 310. The minimum absolute atomic E-state index is 0.602. The average Bonchev–Trinajstić information content (AvgIpc) is 2.78. The molecule has 1 aromatic heterocycles. The molecule has 0 aliphatic heterocycles. The number of ether oxygens (including phenoxy) is 2. The van der Waals surface area contributed by atoms with Crippen molar-refractivity contribution in [2.24, 2.45) is 5.92 Å². The highest BCUT2D eigenvalue weighted by Crippen LogP contribution is 2.02. The molecule has 1 rings (SSSR count). The maximum absolute atomic E-state index is 5.61. The summed E-state index contributed by atoms with van der Waals surface area (Å²) in [5.74, 6) is 0.602. The van der Waals surface area contributed by atoms with E-state index >= 15 is 0 Å². The molecule has 0 amide bonds. The number of nitrogens with one attached hydrogen (secondary N) is 1. The summed E-state index contributed by atoms with van der Waals surface area (Å²) in [5, 5.41) is 3.35. The fraction of sp³-hybridized carbons (Fsp3) is 0.714. The summed E-state index contributed by atoms with van der Waals surface area (Å²) in [6.07, 6.45) is 2.10. The lowest BCUT2D eigenvalue weighted by Crippen LogP contribution is -2.21. The lowest BCUT2D eigenvalue weighted by molar-refractivity contribution is 0.103. The van der Waals surface area contributed by atoms with Crippen LogP contribution in [0.5, 0.6) is 0 Å². The van der Waals surface area contributed by atoms with Gasteiger partial charge in [0.05, 0.1) is 13.2 Å². The van der Waals surface area contributed by atoms with Gasteiger partial charge in [-0.2, -0.15) is 0 Å². The molecule has 0 aliphatic carbocycles. The van der Waals surface area contributed by atoms with Crippen LogP contribution in [0.4, 0.5) is 0 Å². The van der Waals surface area contributed by atoms with Gasteiger partial charge in [0.2, 0.25) is 0 Å². The second kappa shape index (κ2) is 9.14. The van der Waals surface area contributed by atoms with Crippen LogP contribution < -0.4 is 5.32 Å². The monoisotopic (exact) mass is 254 g/mol. The largest absolute Gasteiger partial charge is 0.383 e. The van der Waals surface area contributed by atoms with Crippen LogP contribution >= 0.6 is 0 Å². The van der Waals surface area contributed by atoms with Gasteiger partial charge in [0.1, 0.15) is 0 Å². The van der Waals surface area contributed by atoms with E-state index in [1.165, 1.54) is 5.69 Å². The third-order valence-electron chi connectivity index (χ3n) is 2.64. The zero-order valence-electron chi connectivity index (χ0n) is 11.8. The van der Waals surface area contributed by atoms with Crippen LogP contribution in [-0.4, -0.2) is 38.0 Å². The van der Waals surface area contributed by atoms with Crippen molar-refractivity contribution < 1.29 is 9.47 Å². The molecule has 104 valence electrons. The molecular weight excluding hydrogens is 228 g/mol. The lowest BCUT2D eigenvalue weighted by Gasteiger charge is -2.11. The summed E-state index contributed by atoms with van der Waals surface area (Å²) in [5.41, 5.74) is 1.29. The molecule has 4 nitrogen and oxygen atoms in total. The fourth-order valence-corrected chi connectivity index (χ4v) is 1.70. The Morgan fingerprint density at radius 1 is 1.33 bits per heavy atom. The Labute approximate surface area is 110 Å². The van der Waals surface area contributed by atoms with Gasteiger partial charge in [0.25, 0.3) is 0 Å². The van der Waals surface area contributed by atoms with E-state index in [-0.39, 0.29) is 0 Å². The van der Waals surface area contributed by atoms with Crippen molar-refractivity contribution in [3.8, 4) is 0 Å². The highest BCUT2D eigenvalue weighted by atomic mass is 16.5. The molecule has 0 saturated carbocycles. The Kier molecular flexibility index (Phi) is 7.73. The number of methoxy groups -OCH3 is 1. The SMILES string of the molecule is COCCNCc1cccn1CCOCC(C)C. The summed E-state index contributed by atoms with van der Waals surface area (Å²) in [6, 6.07) is 4.22. The van der Waals surface area contributed by atoms with Gasteiger partial charge in [-0.1, -0.05) is 13.8 Å². The van der Waals surface area contributed by atoms with Crippen LogP contribution in [0, 0.1) is 5.92 Å². The van der Waals surface area contributed by atoms with E-state index in [1.807, 2.05) is 0 Å². The van der Waals surface area contributed by atoms with Gasteiger partial charge in [-0.05, 0) is 18.1 Å². The van der Waals surface area contributed by atoms with Crippen LogP contribution in [0.3, 0.4) is 0 Å². The molecule has 1 aromatic rings. The Morgan fingerprint density at radius 2 is 2.17 bits per heavy atom. The first kappa shape index (κ1) is 15.2. The van der Waals surface area contributed by atoms with Gasteiger partial charge in [0.15, 0.2) is 0 Å². The molecule has 0 aliphatic rings. The molecule has 0 saturated heterocycles. The van der Waals surface area contributed by atoms with Crippen LogP contribution in [0.15, 0.2) is 18.3 Å². The fourth-order valence-electron chi connectivity index (χ4n) is 1.70. The third kappa shape index (κ3) is 6.19. The molecule has 0 aromatic carbocycles. The quantitative estimate of drug-likeness (QED) is 0.648. The molecule has 0 unspecified atom stereocenters. The first-order valence-corrected chi connectivity index (χ1v) is 6.65. The Morgan fingerprint density at radius 3 is 2.89 bits per heavy atom. The molecule has 4 heteroatoms. The van der Waals surface area contributed by atoms with E-state index in [0.717, 1.165) is 39.5 Å². The predicted molar refractivity (Wildman–Crippen MR) is 73.7 cm³/mol. The first-order chi connectivity index (χ1) is 8.74. The zero-order chi connectivity index (χ0) is 13.2. The van der Waals surface area contributed by atoms with Gasteiger partial charge >= 0.3 is 0 Å². The van der Waals surface area contributed by atoms with E-state index in [0.29, 0.717) is 5.92 Å². The summed E-state index contributed by atoms with van der Waals surface area (Å²) in [4.78, 5) is 0. The Balaban J connectivity index is 2.22. The van der Waals surface area contributed by atoms with E-state index in [9.17, 15) is 0 Å². The van der Waals surface area contributed by atoms with E-state index in [4.69, 9.17) is 9.47 Å². The third-order valence-corrected chi connectivity index (χ3v) is 2.64. The number of nitrogens with zero attached hydrogens (tertiary/aromatic N) is 1. The van der Waals surface area contributed by atoms with Crippen molar-refractivity contribution in [3.63, 3.8) is 0 Å². The van der Waals surface area contributed by atoms with Crippen molar-refractivity contribution in [2.75, 3.05) is 33.5 Å². The first-order valence-electron chi connectivity index (χ1n) is 6.65. The van der Waals surface area contributed by atoms with Crippen molar-refractivity contribution in [1.82, 2.24) is 9.88 Å². The Hall–Kier alpha value is -0.840. The van der Waals surface area contributed by atoms with Crippen molar-refractivity contribution >= 4 is 0 Å². The summed E-state index contributed by atoms with van der Waals surface area (Å²) in [7, 11) is 1.72. The molecule has 18 heavy (non-hydrogen) atoms. The number of rotatable bonds is 10. The standard InChI is InChI=1S/C14H26N2O2/c1-13(2)12-18-10-8-16-7-4-5-14(16)11-15-6-9-17-3/h4-5,7,13,15H,6,8-12H2,1-3H3. The lowest BCUT2D eigenvalue weighted by atomic mass is 10.2. The predicted octanol–water partition coefficient (Wildman–Crippen LogP) is 1.90. The minimum Gasteiger partial charge on any atom is -0.383 e. The molecule has 0 radical (unpaired) electrons. The molecule has 1 heterocycles. The minimum atomic E-state index is 0.602. The van der Waals surface area contributed by atoms with Crippen molar-refractivity contribution in [2.45, 2.75) is 26.9 Å². The molecule has 0 spiro atoms. The summed E-state index contributed by atoms with van der Waals surface area (Å²) in [6.45, 7) is 9.37. The van der Waals surface area contributed by atoms with E-state index in [2.05, 4.69) is 42.1 Å². The second-order valence-electron chi connectivity index (χ2n) is 4.83. The molecule has 0 atom stereocenters. The van der Waals surface area contributed by atoms with Gasteiger partial charge in [-0.15, -0.1) is 0 Å². The van der Waals surface area contributed by atoms with Gasteiger partial charge in [-0.3, -0.25) is 0 Å². The van der Waals surface area contributed by atoms with Crippen LogP contribution in [-0.2, 0) is 22.6 Å². The van der Waals surface area contributed by atoms with Gasteiger partial charge in [0, 0.05) is 45.2 Å². The second-order valence-corrected chi connectivity index (χ2v) is 4.83. The number of hydrogen-bond acceptors (Lipinski definition) is 3. The number of hydrogen-bond donors (Lipinski definition) is 1. The normalized spacial score (nSPS) is 11.3. The summed E-state index contributed by atoms with van der Waals surface area (Å²) < 4.78 is 12.8. The molecule has 1 N–H and O–H groups in total. The van der Waals surface area contributed by atoms with Gasteiger partial charge in [-0.25, -0.2) is 0 Å². The highest BCUT2D eigenvalue weighted by Gasteiger charge is 2.01. The zero-order valence-corrected chi connectivity index (χ0v) is 11.8. The van der Waals surface area contributed by atoms with Crippen molar-refractivity contribution in [3.05, 3.63) is 24.0 Å². The van der Waals surface area contributed by atoms with E-state index in [1.54, 1.807) is 7.11 Å².